The maximum atomic E-state index is 6.68. The zero-order chi connectivity index (χ0) is 43.0. The van der Waals surface area contributed by atoms with E-state index in [0.717, 1.165) is 55.3 Å². The van der Waals surface area contributed by atoms with Crippen LogP contribution >= 0.6 is 22.7 Å². The maximum Gasteiger partial charge on any atom is 0.166 e. The first-order valence-corrected chi connectivity index (χ1v) is 23.7. The van der Waals surface area contributed by atoms with Crippen LogP contribution in [0.4, 0.5) is 0 Å². The molecule has 10 aromatic carbocycles. The lowest BCUT2D eigenvalue weighted by Crippen LogP contribution is -2.04. The highest BCUT2D eigenvalue weighted by atomic mass is 32.1. The first-order chi connectivity index (χ1) is 32.7. The zero-order valence-corrected chi connectivity index (χ0v) is 36.6. The van der Waals surface area contributed by atoms with E-state index in [1.165, 1.54) is 72.7 Å². The van der Waals surface area contributed by atoms with Gasteiger partial charge in [-0.3, -0.25) is 0 Å². The van der Waals surface area contributed by atoms with E-state index in [1.54, 1.807) is 22.7 Å². The average Bonchev–Trinajstić information content (AvgIpc) is 4.13. The molecule has 5 aromatic heterocycles. The number of benzene rings is 10. The molecule has 5 nitrogen and oxygen atoms in total. The Labute approximate surface area is 384 Å². The van der Waals surface area contributed by atoms with E-state index in [2.05, 4.69) is 187 Å². The fraction of sp³-hybridized carbons (Fsp3) is 0. The smallest absolute Gasteiger partial charge is 0.166 e. The van der Waals surface area contributed by atoms with E-state index in [1.807, 2.05) is 12.1 Å². The van der Waals surface area contributed by atoms with Gasteiger partial charge >= 0.3 is 0 Å². The molecule has 5 heterocycles. The minimum absolute atomic E-state index is 0.566. The Morgan fingerprint density at radius 2 is 0.909 bits per heavy atom. The van der Waals surface area contributed by atoms with E-state index in [9.17, 15) is 0 Å². The zero-order valence-electron chi connectivity index (χ0n) is 35.0. The Morgan fingerprint density at radius 1 is 0.348 bits per heavy atom. The predicted molar refractivity (Wildman–Crippen MR) is 279 cm³/mol. The molecule has 0 aliphatic rings. The minimum Gasteiger partial charge on any atom is -0.456 e. The van der Waals surface area contributed by atoms with Crippen molar-refractivity contribution in [1.82, 2.24) is 19.5 Å². The molecule has 0 saturated heterocycles. The lowest BCUT2D eigenvalue weighted by molar-refractivity contribution is 0.669. The third kappa shape index (κ3) is 5.29. The molecule has 0 aliphatic heterocycles. The molecule has 0 unspecified atom stereocenters. The van der Waals surface area contributed by atoms with Gasteiger partial charge in [0.15, 0.2) is 17.5 Å². The van der Waals surface area contributed by atoms with E-state index >= 15 is 0 Å². The number of fused-ring (bicyclic) bond motifs is 15. The summed E-state index contributed by atoms with van der Waals surface area (Å²) < 4.78 is 14.0. The molecular weight excluding hydrogens is 845 g/mol. The number of aromatic nitrogens is 4. The highest BCUT2D eigenvalue weighted by molar-refractivity contribution is 7.26. The normalized spacial score (nSPS) is 12.2. The van der Waals surface area contributed by atoms with Crippen molar-refractivity contribution < 1.29 is 4.42 Å². The number of furan rings is 1. The van der Waals surface area contributed by atoms with Gasteiger partial charge in [-0.05, 0) is 82.2 Å². The second kappa shape index (κ2) is 13.6. The summed E-state index contributed by atoms with van der Waals surface area (Å²) >= 11 is 3.59. The van der Waals surface area contributed by atoms with Crippen molar-refractivity contribution in [3.05, 3.63) is 194 Å². The standard InChI is InChI=1S/C59H32N4OS2/c1-2-13-35-28-48-45(27-34(35)12-1)56-38-14-4-3-11-33(38)23-26-47(56)63(48)49-31-44-39-15-5-8-18-50(39)64-51(44)32-46(49)59-61-57(36-21-24-42-40-16-6-9-19-52(40)65-54(42)29-36)60-58(62-59)37-22-25-43-41-17-7-10-20-53(41)66-55(43)30-37/h1-32H. The van der Waals surface area contributed by atoms with Gasteiger partial charge in [0.05, 0.1) is 16.7 Å². The fourth-order valence-electron chi connectivity index (χ4n) is 10.3. The highest BCUT2D eigenvalue weighted by Crippen LogP contribution is 2.44. The molecule has 0 radical (unpaired) electrons. The van der Waals surface area contributed by atoms with Crippen molar-refractivity contribution in [3.8, 4) is 39.9 Å². The van der Waals surface area contributed by atoms with E-state index in [0.29, 0.717) is 17.5 Å². The summed E-state index contributed by atoms with van der Waals surface area (Å²) in [6.45, 7) is 0. The number of hydrogen-bond donors (Lipinski definition) is 0. The van der Waals surface area contributed by atoms with Crippen LogP contribution in [0.1, 0.15) is 0 Å². The quantitative estimate of drug-likeness (QED) is 0.177. The van der Waals surface area contributed by atoms with Crippen LogP contribution in [0, 0.1) is 0 Å². The van der Waals surface area contributed by atoms with Crippen molar-refractivity contribution in [3.63, 3.8) is 0 Å². The van der Waals surface area contributed by atoms with Crippen molar-refractivity contribution >= 4 is 128 Å². The second-order valence-electron chi connectivity index (χ2n) is 17.1. The SMILES string of the molecule is c1ccc2cc3c(cc2c1)c1c2ccccc2ccc1n3-c1cc2c(cc1-c1nc(-c3ccc4c(c3)sc3ccccc34)nc(-c3ccc4c(c3)sc3ccccc34)n1)oc1ccccc12. The van der Waals surface area contributed by atoms with Crippen LogP contribution in [0.3, 0.4) is 0 Å². The van der Waals surface area contributed by atoms with Gasteiger partial charge in [0, 0.05) is 78.6 Å². The van der Waals surface area contributed by atoms with Gasteiger partial charge in [-0.2, -0.15) is 0 Å². The third-order valence-electron chi connectivity index (χ3n) is 13.4. The summed E-state index contributed by atoms with van der Waals surface area (Å²) in [5.74, 6) is 1.79. The van der Waals surface area contributed by atoms with Crippen molar-refractivity contribution in [2.75, 3.05) is 0 Å². The van der Waals surface area contributed by atoms with Crippen LogP contribution in [0.15, 0.2) is 199 Å². The molecule has 7 heteroatoms. The van der Waals surface area contributed by atoms with Gasteiger partial charge in [-0.1, -0.05) is 133 Å². The van der Waals surface area contributed by atoms with Crippen LogP contribution in [-0.2, 0) is 0 Å². The Hall–Kier alpha value is -8.23. The molecule has 15 aromatic rings. The molecule has 0 amide bonds. The summed E-state index contributed by atoms with van der Waals surface area (Å²) in [6.07, 6.45) is 0. The molecule has 66 heavy (non-hydrogen) atoms. The number of para-hydroxylation sites is 1. The number of rotatable bonds is 4. The third-order valence-corrected chi connectivity index (χ3v) is 15.7. The number of thiophene rings is 2. The molecule has 0 N–H and O–H groups in total. The lowest BCUT2D eigenvalue weighted by Gasteiger charge is -2.15. The van der Waals surface area contributed by atoms with Crippen LogP contribution < -0.4 is 0 Å². The Kier molecular flexibility index (Phi) is 7.47. The number of hydrogen-bond acceptors (Lipinski definition) is 6. The summed E-state index contributed by atoms with van der Waals surface area (Å²) in [5, 5.41) is 14.2. The first-order valence-electron chi connectivity index (χ1n) is 22.1. The van der Waals surface area contributed by atoms with Gasteiger partial charge in [0.1, 0.15) is 11.2 Å². The Balaban J connectivity index is 1.06. The van der Waals surface area contributed by atoms with E-state index in [4.69, 9.17) is 19.4 Å². The van der Waals surface area contributed by atoms with Crippen molar-refractivity contribution in [1.29, 1.82) is 0 Å². The average molecular weight is 877 g/mol. The molecule has 306 valence electrons. The fourth-order valence-corrected chi connectivity index (χ4v) is 12.6. The van der Waals surface area contributed by atoms with Crippen LogP contribution in [0.5, 0.6) is 0 Å². The largest absolute Gasteiger partial charge is 0.456 e. The summed E-state index contributed by atoms with van der Waals surface area (Å²) in [4.78, 5) is 16.3. The molecule has 15 rings (SSSR count). The van der Waals surface area contributed by atoms with Crippen LogP contribution in [0.2, 0.25) is 0 Å². The Morgan fingerprint density at radius 3 is 1.61 bits per heavy atom. The first kappa shape index (κ1) is 36.1. The minimum atomic E-state index is 0.566. The van der Waals surface area contributed by atoms with Crippen molar-refractivity contribution in [2.45, 2.75) is 0 Å². The lowest BCUT2D eigenvalue weighted by atomic mass is 10.0. The molecule has 0 saturated carbocycles. The molecular formula is C59H32N4OS2. The monoisotopic (exact) mass is 876 g/mol. The molecule has 0 atom stereocenters. The second-order valence-corrected chi connectivity index (χ2v) is 19.3. The summed E-state index contributed by atoms with van der Waals surface area (Å²) in [5.41, 5.74) is 7.49. The topological polar surface area (TPSA) is 56.7 Å². The van der Waals surface area contributed by atoms with Crippen molar-refractivity contribution in [2.24, 2.45) is 0 Å². The van der Waals surface area contributed by atoms with Gasteiger partial charge in [0.25, 0.3) is 0 Å². The Bertz CT molecular complexity index is 4420. The van der Waals surface area contributed by atoms with Gasteiger partial charge < -0.3 is 8.98 Å². The summed E-state index contributed by atoms with van der Waals surface area (Å²) in [6, 6.07) is 69.7. The van der Waals surface area contributed by atoms with E-state index in [-0.39, 0.29) is 0 Å². The molecule has 0 fully saturated rings. The maximum absolute atomic E-state index is 6.68. The van der Waals surface area contributed by atoms with E-state index < -0.39 is 0 Å². The molecule has 0 spiro atoms. The van der Waals surface area contributed by atoms with Gasteiger partial charge in [-0.15, -0.1) is 22.7 Å². The summed E-state index contributed by atoms with van der Waals surface area (Å²) in [7, 11) is 0. The molecule has 0 bridgehead atoms. The van der Waals surface area contributed by atoms with Gasteiger partial charge in [-0.25, -0.2) is 15.0 Å². The van der Waals surface area contributed by atoms with Crippen LogP contribution in [0.25, 0.3) is 145 Å². The number of nitrogens with zero attached hydrogens (tertiary/aromatic N) is 4. The highest BCUT2D eigenvalue weighted by Gasteiger charge is 2.24. The molecule has 0 aliphatic carbocycles. The predicted octanol–water partition coefficient (Wildman–Crippen LogP) is 16.9. The van der Waals surface area contributed by atoms with Crippen LogP contribution in [-0.4, -0.2) is 19.5 Å². The van der Waals surface area contributed by atoms with Gasteiger partial charge in [0.2, 0.25) is 0 Å².